The number of amides is 3. The molecule has 6 heteroatoms. The van der Waals surface area contributed by atoms with Gasteiger partial charge in [0, 0.05) is 22.9 Å². The molecule has 0 fully saturated rings. The van der Waals surface area contributed by atoms with E-state index in [1.54, 1.807) is 36.4 Å². The molecule has 1 aliphatic heterocycles. The Morgan fingerprint density at radius 2 is 1.57 bits per heavy atom. The summed E-state index contributed by atoms with van der Waals surface area (Å²) in [5.41, 5.74) is 5.46. The van der Waals surface area contributed by atoms with E-state index in [0.29, 0.717) is 16.5 Å². The molecule has 0 radical (unpaired) electrons. The monoisotopic (exact) mass is 282 g/mol. The minimum absolute atomic E-state index is 0.272. The van der Waals surface area contributed by atoms with Gasteiger partial charge in [-0.2, -0.15) is 0 Å². The van der Waals surface area contributed by atoms with Gasteiger partial charge in [-0.1, -0.05) is 24.3 Å². The molecular formula is C15H10N2O4. The number of nitrogens with two attached hydrogens (primary N) is 1. The zero-order valence-corrected chi connectivity index (χ0v) is 10.8. The lowest BCUT2D eigenvalue weighted by atomic mass is 10.1. The first-order chi connectivity index (χ1) is 10.1. The maximum absolute atomic E-state index is 11.8. The van der Waals surface area contributed by atoms with E-state index in [-0.39, 0.29) is 5.75 Å². The molecular weight excluding hydrogens is 272 g/mol. The average molecular weight is 282 g/mol. The Bertz CT molecular complexity index is 792. The van der Waals surface area contributed by atoms with Gasteiger partial charge in [0.05, 0.1) is 5.69 Å². The predicted molar refractivity (Wildman–Crippen MR) is 75.8 cm³/mol. The maximum atomic E-state index is 11.8. The minimum Gasteiger partial charge on any atom is -0.410 e. The molecule has 0 aromatic heterocycles. The van der Waals surface area contributed by atoms with Gasteiger partial charge in [0.2, 0.25) is 0 Å². The summed E-state index contributed by atoms with van der Waals surface area (Å²) in [6.07, 6.45) is 1.50. The highest BCUT2D eigenvalue weighted by Gasteiger charge is 2.26. The van der Waals surface area contributed by atoms with Crippen molar-refractivity contribution in [3.63, 3.8) is 0 Å². The van der Waals surface area contributed by atoms with Crippen molar-refractivity contribution in [1.82, 2.24) is 0 Å². The summed E-state index contributed by atoms with van der Waals surface area (Å²) in [5.74, 6) is -0.545. The van der Waals surface area contributed by atoms with Gasteiger partial charge in [0.1, 0.15) is 5.75 Å². The van der Waals surface area contributed by atoms with Crippen molar-refractivity contribution >= 4 is 34.4 Å². The third kappa shape index (κ3) is 2.12. The minimum atomic E-state index is -0.928. The van der Waals surface area contributed by atoms with Crippen LogP contribution in [0.4, 0.5) is 10.5 Å². The lowest BCUT2D eigenvalue weighted by Crippen LogP contribution is -2.29. The number of ether oxygens (including phenoxy) is 1. The van der Waals surface area contributed by atoms with Crippen LogP contribution in [-0.2, 0) is 9.59 Å². The number of carbonyl (C=O) groups is 3. The van der Waals surface area contributed by atoms with E-state index >= 15 is 0 Å². The van der Waals surface area contributed by atoms with Crippen molar-refractivity contribution in [2.24, 2.45) is 5.73 Å². The van der Waals surface area contributed by atoms with Gasteiger partial charge < -0.3 is 10.5 Å². The molecule has 0 saturated heterocycles. The molecule has 3 rings (SSSR count). The molecule has 0 bridgehead atoms. The van der Waals surface area contributed by atoms with Crippen LogP contribution in [0.1, 0.15) is 0 Å². The molecule has 104 valence electrons. The molecule has 0 atom stereocenters. The number of anilines is 1. The van der Waals surface area contributed by atoms with Crippen molar-refractivity contribution in [3.05, 3.63) is 48.6 Å². The number of imide groups is 1. The lowest BCUT2D eigenvalue weighted by Gasteiger charge is -2.17. The van der Waals surface area contributed by atoms with E-state index in [1.165, 1.54) is 12.2 Å². The van der Waals surface area contributed by atoms with E-state index in [0.717, 1.165) is 4.90 Å². The molecule has 21 heavy (non-hydrogen) atoms. The summed E-state index contributed by atoms with van der Waals surface area (Å²) in [6, 6.07) is 10.0. The number of nitrogens with zero attached hydrogens (tertiary/aromatic N) is 1. The highest BCUT2D eigenvalue weighted by atomic mass is 16.5. The van der Waals surface area contributed by atoms with Gasteiger partial charge in [-0.3, -0.25) is 9.59 Å². The fourth-order valence-corrected chi connectivity index (χ4v) is 2.29. The zero-order chi connectivity index (χ0) is 15.0. The van der Waals surface area contributed by atoms with Crippen LogP contribution in [0.25, 0.3) is 10.8 Å². The van der Waals surface area contributed by atoms with Crippen LogP contribution in [-0.4, -0.2) is 17.9 Å². The van der Waals surface area contributed by atoms with Crippen molar-refractivity contribution < 1.29 is 19.1 Å². The first-order valence-electron chi connectivity index (χ1n) is 6.13. The van der Waals surface area contributed by atoms with Crippen LogP contribution in [0.3, 0.4) is 0 Å². The molecule has 1 heterocycles. The summed E-state index contributed by atoms with van der Waals surface area (Å²) in [5, 5.41) is 1.20. The first kappa shape index (κ1) is 12.9. The number of benzene rings is 2. The molecule has 0 aliphatic carbocycles. The summed E-state index contributed by atoms with van der Waals surface area (Å²) < 4.78 is 4.93. The number of fused-ring (bicyclic) bond motifs is 1. The van der Waals surface area contributed by atoms with E-state index in [2.05, 4.69) is 0 Å². The number of primary amides is 1. The SMILES string of the molecule is NC(=O)Oc1cccc2c(N3C(=O)C=CC3=O)cccc12. The van der Waals surface area contributed by atoms with E-state index in [1.807, 2.05) is 0 Å². The van der Waals surface area contributed by atoms with Crippen molar-refractivity contribution in [2.45, 2.75) is 0 Å². The standard InChI is InChI=1S/C15H10N2O4/c16-15(20)21-12-6-2-3-9-10(12)4-1-5-11(9)17-13(18)7-8-14(17)19/h1-8H,(H2,16,20). The average Bonchev–Trinajstić information content (AvgIpc) is 2.77. The molecule has 2 aromatic carbocycles. The van der Waals surface area contributed by atoms with Gasteiger partial charge in [-0.05, 0) is 12.1 Å². The quantitative estimate of drug-likeness (QED) is 0.849. The Morgan fingerprint density at radius 1 is 0.952 bits per heavy atom. The molecule has 1 aliphatic rings. The molecule has 2 N–H and O–H groups in total. The van der Waals surface area contributed by atoms with Gasteiger partial charge in [-0.25, -0.2) is 9.69 Å². The van der Waals surface area contributed by atoms with E-state index < -0.39 is 17.9 Å². The van der Waals surface area contributed by atoms with Gasteiger partial charge in [0.15, 0.2) is 0 Å². The molecule has 6 nitrogen and oxygen atoms in total. The molecule has 0 unspecified atom stereocenters. The molecule has 3 amide bonds. The second kappa shape index (κ2) is 4.75. The summed E-state index contributed by atoms with van der Waals surface area (Å²) in [7, 11) is 0. The smallest absolute Gasteiger partial charge is 0.409 e. The van der Waals surface area contributed by atoms with Crippen molar-refractivity contribution in [2.75, 3.05) is 4.90 Å². The number of hydrogen-bond donors (Lipinski definition) is 1. The van der Waals surface area contributed by atoms with Gasteiger partial charge in [-0.15, -0.1) is 0 Å². The number of rotatable bonds is 2. The topological polar surface area (TPSA) is 89.7 Å². The van der Waals surface area contributed by atoms with Crippen molar-refractivity contribution in [3.8, 4) is 5.75 Å². The van der Waals surface area contributed by atoms with Crippen LogP contribution >= 0.6 is 0 Å². The van der Waals surface area contributed by atoms with Gasteiger partial charge >= 0.3 is 6.09 Å². The normalized spacial score (nSPS) is 14.0. The molecule has 0 saturated carbocycles. The second-order valence-corrected chi connectivity index (χ2v) is 4.39. The van der Waals surface area contributed by atoms with E-state index in [9.17, 15) is 14.4 Å². The highest BCUT2D eigenvalue weighted by Crippen LogP contribution is 2.33. The summed E-state index contributed by atoms with van der Waals surface area (Å²) in [6.45, 7) is 0. The van der Waals surface area contributed by atoms with E-state index in [4.69, 9.17) is 10.5 Å². The third-order valence-corrected chi connectivity index (χ3v) is 3.12. The zero-order valence-electron chi connectivity index (χ0n) is 10.8. The van der Waals surface area contributed by atoms with Gasteiger partial charge in [0.25, 0.3) is 11.8 Å². The van der Waals surface area contributed by atoms with Crippen LogP contribution < -0.4 is 15.4 Å². The largest absolute Gasteiger partial charge is 0.410 e. The fourth-order valence-electron chi connectivity index (χ4n) is 2.29. The van der Waals surface area contributed by atoms with Crippen LogP contribution in [0.5, 0.6) is 5.75 Å². The molecule has 2 aromatic rings. The van der Waals surface area contributed by atoms with Crippen LogP contribution in [0, 0.1) is 0 Å². The summed E-state index contributed by atoms with van der Waals surface area (Å²) >= 11 is 0. The highest BCUT2D eigenvalue weighted by molar-refractivity contribution is 6.30. The number of carbonyl (C=O) groups excluding carboxylic acids is 3. The first-order valence-corrected chi connectivity index (χ1v) is 6.13. The van der Waals surface area contributed by atoms with Crippen molar-refractivity contribution in [1.29, 1.82) is 0 Å². The molecule has 0 spiro atoms. The Hall–Kier alpha value is -3.15. The third-order valence-electron chi connectivity index (χ3n) is 3.12. The van der Waals surface area contributed by atoms with Crippen LogP contribution in [0.15, 0.2) is 48.6 Å². The second-order valence-electron chi connectivity index (χ2n) is 4.39. The maximum Gasteiger partial charge on any atom is 0.409 e. The Morgan fingerprint density at radius 3 is 2.24 bits per heavy atom. The Labute approximate surface area is 119 Å². The number of hydrogen-bond acceptors (Lipinski definition) is 4. The summed E-state index contributed by atoms with van der Waals surface area (Å²) in [4.78, 5) is 35.6. The lowest BCUT2D eigenvalue weighted by molar-refractivity contribution is -0.119. The van der Waals surface area contributed by atoms with Crippen LogP contribution in [0.2, 0.25) is 0 Å². The fraction of sp³-hybridized carbons (Fsp3) is 0. The predicted octanol–water partition coefficient (Wildman–Crippen LogP) is 1.73. The Kier molecular flexibility index (Phi) is 2.91. The Balaban J connectivity index is 2.19.